The first-order chi connectivity index (χ1) is 7.81. The molecule has 4 nitrogen and oxygen atoms in total. The van der Waals surface area contributed by atoms with Crippen molar-refractivity contribution in [3.05, 3.63) is 18.2 Å². The van der Waals surface area contributed by atoms with Crippen LogP contribution in [0.2, 0.25) is 0 Å². The van der Waals surface area contributed by atoms with E-state index in [1.165, 1.54) is 0 Å². The van der Waals surface area contributed by atoms with Gasteiger partial charge >= 0.3 is 0 Å². The number of para-hydroxylation sites is 1. The van der Waals surface area contributed by atoms with Crippen LogP contribution in [-0.2, 0) is 9.84 Å². The molecule has 5 heteroatoms. The van der Waals surface area contributed by atoms with Crippen molar-refractivity contribution in [3.8, 4) is 5.75 Å². The van der Waals surface area contributed by atoms with Crippen molar-refractivity contribution in [1.29, 1.82) is 0 Å². The molecule has 0 bridgehead atoms. The van der Waals surface area contributed by atoms with Crippen LogP contribution in [-0.4, -0.2) is 33.9 Å². The molecular formula is C12H17NO3S. The highest BCUT2D eigenvalue weighted by molar-refractivity contribution is 7.93. The van der Waals surface area contributed by atoms with Gasteiger partial charge in [0.2, 0.25) is 0 Å². The summed E-state index contributed by atoms with van der Waals surface area (Å²) in [5, 5.41) is 0. The summed E-state index contributed by atoms with van der Waals surface area (Å²) in [5.41, 5.74) is 0.661. The first-order valence-corrected chi connectivity index (χ1v) is 6.92. The van der Waals surface area contributed by atoms with E-state index in [0.717, 1.165) is 0 Å². The van der Waals surface area contributed by atoms with Crippen LogP contribution in [0.3, 0.4) is 0 Å². The summed E-state index contributed by atoms with van der Waals surface area (Å²) in [4.78, 5) is 2.30. The van der Waals surface area contributed by atoms with Crippen LogP contribution in [0, 0.1) is 0 Å². The molecule has 1 aromatic rings. The van der Waals surface area contributed by atoms with Crippen LogP contribution in [0.15, 0.2) is 23.1 Å². The molecule has 0 N–H and O–H groups in total. The number of nitrogens with zero attached hydrogens (tertiary/aromatic N) is 1. The van der Waals surface area contributed by atoms with E-state index in [1.54, 1.807) is 39.2 Å². The molecule has 0 saturated heterocycles. The number of ether oxygens (including phenoxy) is 1. The second-order valence-electron chi connectivity index (χ2n) is 4.93. The fourth-order valence-corrected chi connectivity index (χ4v) is 4.02. The zero-order chi connectivity index (χ0) is 12.8. The molecule has 0 aromatic heterocycles. The maximum Gasteiger partial charge on any atom is 0.187 e. The summed E-state index contributed by atoms with van der Waals surface area (Å²) in [6.45, 7) is 3.96. The van der Waals surface area contributed by atoms with Crippen molar-refractivity contribution < 1.29 is 13.2 Å². The lowest BCUT2D eigenvalue weighted by atomic mass is 10.1. The van der Waals surface area contributed by atoms with Crippen molar-refractivity contribution in [1.82, 2.24) is 0 Å². The van der Waals surface area contributed by atoms with Crippen molar-refractivity contribution in [2.24, 2.45) is 0 Å². The van der Waals surface area contributed by atoms with Gasteiger partial charge in [-0.25, -0.2) is 8.42 Å². The summed E-state index contributed by atoms with van der Waals surface area (Å²) < 4.78 is 29.4. The second kappa shape index (κ2) is 3.63. The highest BCUT2D eigenvalue weighted by Gasteiger charge is 2.43. The average molecular weight is 255 g/mol. The summed E-state index contributed by atoms with van der Waals surface area (Å²) >= 11 is 0. The van der Waals surface area contributed by atoms with Gasteiger partial charge < -0.3 is 9.64 Å². The minimum Gasteiger partial charge on any atom is -0.495 e. The predicted molar refractivity (Wildman–Crippen MR) is 67.5 cm³/mol. The Morgan fingerprint density at radius 1 is 1.35 bits per heavy atom. The van der Waals surface area contributed by atoms with E-state index in [-0.39, 0.29) is 0 Å². The molecule has 0 aliphatic carbocycles. The molecule has 0 radical (unpaired) electrons. The maximum atomic E-state index is 12.5. The molecule has 17 heavy (non-hydrogen) atoms. The standard InChI is InChI=1S/C12H17NO3S/c1-12(2)8-13(3)11-9(16-4)6-5-7-10(11)17(12,14)15/h5-7H,8H2,1-4H3. The Bertz CT molecular complexity index is 549. The van der Waals surface area contributed by atoms with Crippen LogP contribution in [0.25, 0.3) is 0 Å². The van der Waals surface area contributed by atoms with Gasteiger partial charge in [0, 0.05) is 13.6 Å². The molecule has 0 unspecified atom stereocenters. The van der Waals surface area contributed by atoms with Crippen molar-refractivity contribution in [3.63, 3.8) is 0 Å². The van der Waals surface area contributed by atoms with Crippen LogP contribution >= 0.6 is 0 Å². The van der Waals surface area contributed by atoms with Gasteiger partial charge in [-0.05, 0) is 26.0 Å². The van der Waals surface area contributed by atoms with Gasteiger partial charge in [-0.15, -0.1) is 0 Å². The van der Waals surface area contributed by atoms with Gasteiger partial charge in [0.25, 0.3) is 0 Å². The molecule has 94 valence electrons. The van der Waals surface area contributed by atoms with Gasteiger partial charge in [-0.1, -0.05) is 6.07 Å². The van der Waals surface area contributed by atoms with E-state index in [4.69, 9.17) is 4.74 Å². The molecule has 0 saturated carbocycles. The van der Waals surface area contributed by atoms with Gasteiger partial charge in [0.15, 0.2) is 9.84 Å². The number of sulfone groups is 1. The summed E-state index contributed by atoms with van der Waals surface area (Å²) in [5.74, 6) is 0.601. The molecule has 1 aliphatic heterocycles. The van der Waals surface area contributed by atoms with E-state index in [2.05, 4.69) is 0 Å². The predicted octanol–water partition coefficient (Wildman–Crippen LogP) is 1.70. The SMILES string of the molecule is COc1cccc2c1N(C)CC(C)(C)S2(=O)=O. The molecule has 2 rings (SSSR count). The van der Waals surface area contributed by atoms with Crippen LogP contribution in [0.4, 0.5) is 5.69 Å². The van der Waals surface area contributed by atoms with Gasteiger partial charge in [0.05, 0.1) is 22.4 Å². The highest BCUT2D eigenvalue weighted by atomic mass is 32.2. The number of anilines is 1. The number of methoxy groups -OCH3 is 1. The van der Waals surface area contributed by atoms with Crippen molar-refractivity contribution >= 4 is 15.5 Å². The number of rotatable bonds is 1. The largest absolute Gasteiger partial charge is 0.495 e. The molecule has 1 aromatic carbocycles. The fraction of sp³-hybridized carbons (Fsp3) is 0.500. The summed E-state index contributed by atoms with van der Waals surface area (Å²) in [7, 11) is 0.131. The third-order valence-electron chi connectivity index (χ3n) is 3.20. The number of benzene rings is 1. The molecule has 0 fully saturated rings. The fourth-order valence-electron chi connectivity index (χ4n) is 2.29. The summed E-state index contributed by atoms with van der Waals surface area (Å²) in [6, 6.07) is 5.14. The molecule has 1 heterocycles. The lowest BCUT2D eigenvalue weighted by Gasteiger charge is -2.38. The van der Waals surface area contributed by atoms with E-state index in [0.29, 0.717) is 22.9 Å². The normalized spacial score (nSPS) is 20.8. The quantitative estimate of drug-likeness (QED) is 0.766. The van der Waals surface area contributed by atoms with E-state index in [9.17, 15) is 8.42 Å². The van der Waals surface area contributed by atoms with Gasteiger partial charge in [-0.3, -0.25) is 0 Å². The molecule has 0 atom stereocenters. The van der Waals surface area contributed by atoms with Crippen LogP contribution < -0.4 is 9.64 Å². The topological polar surface area (TPSA) is 46.6 Å². The first-order valence-electron chi connectivity index (χ1n) is 5.44. The molecule has 0 amide bonds. The van der Waals surface area contributed by atoms with Gasteiger partial charge in [0.1, 0.15) is 5.75 Å². The monoisotopic (exact) mass is 255 g/mol. The Morgan fingerprint density at radius 3 is 2.59 bits per heavy atom. The third-order valence-corrected chi connectivity index (χ3v) is 5.69. The Morgan fingerprint density at radius 2 is 2.00 bits per heavy atom. The minimum atomic E-state index is -3.31. The van der Waals surface area contributed by atoms with Crippen LogP contribution in [0.1, 0.15) is 13.8 Å². The zero-order valence-electron chi connectivity index (χ0n) is 10.5. The maximum absolute atomic E-state index is 12.5. The molecular weight excluding hydrogens is 238 g/mol. The van der Waals surface area contributed by atoms with Gasteiger partial charge in [-0.2, -0.15) is 0 Å². The Hall–Kier alpha value is -1.23. The summed E-state index contributed by atoms with van der Waals surface area (Å²) in [6.07, 6.45) is 0. The molecule has 1 aliphatic rings. The third kappa shape index (κ3) is 1.60. The van der Waals surface area contributed by atoms with Crippen molar-refractivity contribution in [2.45, 2.75) is 23.5 Å². The van der Waals surface area contributed by atoms with Crippen LogP contribution in [0.5, 0.6) is 5.75 Å². The molecule has 0 spiro atoms. The highest BCUT2D eigenvalue weighted by Crippen LogP contribution is 2.43. The smallest absolute Gasteiger partial charge is 0.187 e. The van der Waals surface area contributed by atoms with Crippen molar-refractivity contribution in [2.75, 3.05) is 25.6 Å². The minimum absolute atomic E-state index is 0.357. The van der Waals surface area contributed by atoms with E-state index >= 15 is 0 Å². The average Bonchev–Trinajstić information content (AvgIpc) is 2.25. The lowest BCUT2D eigenvalue weighted by Crippen LogP contribution is -2.47. The second-order valence-corrected chi connectivity index (χ2v) is 7.48. The number of hydrogen-bond acceptors (Lipinski definition) is 4. The number of fused-ring (bicyclic) bond motifs is 1. The lowest BCUT2D eigenvalue weighted by molar-refractivity contribution is 0.411. The van der Waals surface area contributed by atoms with E-state index in [1.807, 2.05) is 11.9 Å². The first kappa shape index (κ1) is 12.2. The Kier molecular flexibility index (Phi) is 2.61. The zero-order valence-corrected chi connectivity index (χ0v) is 11.3. The Balaban J connectivity index is 2.78. The number of hydrogen-bond donors (Lipinski definition) is 0. The van der Waals surface area contributed by atoms with E-state index < -0.39 is 14.6 Å². The Labute approximate surface area is 102 Å².